The van der Waals surface area contributed by atoms with E-state index < -0.39 is 0 Å². The third-order valence-electron chi connectivity index (χ3n) is 3.27. The summed E-state index contributed by atoms with van der Waals surface area (Å²) < 4.78 is 0. The van der Waals surface area contributed by atoms with Crippen molar-refractivity contribution in [2.45, 2.75) is 13.0 Å². The Labute approximate surface area is 111 Å². The van der Waals surface area contributed by atoms with Gasteiger partial charge in [-0.1, -0.05) is 0 Å². The Hall–Kier alpha value is -1.46. The molecule has 0 aromatic carbocycles. The molecule has 1 aliphatic rings. The van der Waals surface area contributed by atoms with Gasteiger partial charge in [-0.15, -0.1) is 0 Å². The third-order valence-corrected chi connectivity index (χ3v) is 3.95. The molecule has 1 atom stereocenters. The first-order valence-electron chi connectivity index (χ1n) is 6.16. The highest BCUT2D eigenvalue weighted by Crippen LogP contribution is 2.23. The van der Waals surface area contributed by atoms with Gasteiger partial charge in [-0.3, -0.25) is 0 Å². The van der Waals surface area contributed by atoms with Gasteiger partial charge < -0.3 is 10.2 Å². The van der Waals surface area contributed by atoms with Crippen LogP contribution in [0, 0.1) is 0 Å². The summed E-state index contributed by atoms with van der Waals surface area (Å²) in [5.41, 5.74) is 2.18. The number of hydrogen-bond donors (Lipinski definition) is 1. The molecule has 0 spiro atoms. The molecule has 2 aromatic heterocycles. The molecule has 18 heavy (non-hydrogen) atoms. The van der Waals surface area contributed by atoms with E-state index in [0.29, 0.717) is 6.04 Å². The van der Waals surface area contributed by atoms with E-state index in [-0.39, 0.29) is 0 Å². The van der Waals surface area contributed by atoms with Crippen LogP contribution < -0.4 is 10.2 Å². The second-order valence-electron chi connectivity index (χ2n) is 4.52. The fourth-order valence-electron chi connectivity index (χ4n) is 2.25. The van der Waals surface area contributed by atoms with E-state index in [1.54, 1.807) is 17.7 Å². The molecule has 94 valence electrons. The molecule has 1 saturated heterocycles. The van der Waals surface area contributed by atoms with Crippen molar-refractivity contribution in [3.05, 3.63) is 29.2 Å². The zero-order valence-electron chi connectivity index (χ0n) is 10.3. The molecule has 1 N–H and O–H groups in total. The zero-order valence-corrected chi connectivity index (χ0v) is 11.2. The molecule has 0 saturated carbocycles. The summed E-state index contributed by atoms with van der Waals surface area (Å²) in [6, 6.07) is 4.66. The SMILES string of the molecule is C[C@H]1CNCCN1c1cc(-c2ccsc2)ncn1. The number of nitrogens with one attached hydrogen (secondary N) is 1. The lowest BCUT2D eigenvalue weighted by molar-refractivity contribution is 0.497. The number of hydrogen-bond acceptors (Lipinski definition) is 5. The van der Waals surface area contributed by atoms with Crippen LogP contribution >= 0.6 is 11.3 Å². The first-order valence-corrected chi connectivity index (χ1v) is 7.11. The molecule has 3 rings (SSSR count). The van der Waals surface area contributed by atoms with E-state index in [9.17, 15) is 0 Å². The van der Waals surface area contributed by atoms with Crippen molar-refractivity contribution in [2.24, 2.45) is 0 Å². The summed E-state index contributed by atoms with van der Waals surface area (Å²) in [4.78, 5) is 11.1. The molecular formula is C13H16N4S. The number of thiophene rings is 1. The second kappa shape index (κ2) is 5.04. The highest BCUT2D eigenvalue weighted by molar-refractivity contribution is 7.08. The Balaban J connectivity index is 1.91. The van der Waals surface area contributed by atoms with Gasteiger partial charge in [0.15, 0.2) is 0 Å². The second-order valence-corrected chi connectivity index (χ2v) is 5.30. The predicted molar refractivity (Wildman–Crippen MR) is 75.0 cm³/mol. The van der Waals surface area contributed by atoms with Crippen molar-refractivity contribution in [2.75, 3.05) is 24.5 Å². The van der Waals surface area contributed by atoms with Crippen LogP contribution in [0.2, 0.25) is 0 Å². The minimum absolute atomic E-state index is 0.476. The lowest BCUT2D eigenvalue weighted by Crippen LogP contribution is -2.50. The van der Waals surface area contributed by atoms with E-state index in [2.05, 4.69) is 50.0 Å². The Morgan fingerprint density at radius 3 is 3.17 bits per heavy atom. The molecule has 3 heterocycles. The van der Waals surface area contributed by atoms with Crippen molar-refractivity contribution in [3.63, 3.8) is 0 Å². The lowest BCUT2D eigenvalue weighted by atomic mass is 10.2. The monoisotopic (exact) mass is 260 g/mol. The zero-order chi connectivity index (χ0) is 12.4. The van der Waals surface area contributed by atoms with E-state index in [1.807, 2.05) is 0 Å². The summed E-state index contributed by atoms with van der Waals surface area (Å²) in [6.45, 7) is 5.25. The average Bonchev–Trinajstić information content (AvgIpc) is 2.93. The number of anilines is 1. The van der Waals surface area contributed by atoms with E-state index in [0.717, 1.165) is 31.1 Å². The molecule has 1 fully saturated rings. The normalized spacial score (nSPS) is 20.1. The molecular weight excluding hydrogens is 244 g/mol. The molecule has 2 aromatic rings. The van der Waals surface area contributed by atoms with Crippen LogP contribution in [0.25, 0.3) is 11.3 Å². The maximum absolute atomic E-state index is 4.41. The van der Waals surface area contributed by atoms with Crippen molar-refractivity contribution >= 4 is 17.2 Å². The van der Waals surface area contributed by atoms with Crippen LogP contribution in [0.3, 0.4) is 0 Å². The van der Waals surface area contributed by atoms with Crippen LogP contribution in [-0.2, 0) is 0 Å². The van der Waals surface area contributed by atoms with E-state index >= 15 is 0 Å². The Morgan fingerprint density at radius 2 is 2.39 bits per heavy atom. The van der Waals surface area contributed by atoms with Gasteiger partial charge >= 0.3 is 0 Å². The Kier molecular flexibility index (Phi) is 3.25. The fourth-order valence-corrected chi connectivity index (χ4v) is 2.90. The van der Waals surface area contributed by atoms with Gasteiger partial charge in [-0.2, -0.15) is 11.3 Å². The molecule has 0 bridgehead atoms. The third kappa shape index (κ3) is 2.23. The molecule has 5 heteroatoms. The number of nitrogens with zero attached hydrogens (tertiary/aromatic N) is 3. The summed E-state index contributed by atoms with van der Waals surface area (Å²) >= 11 is 1.69. The minimum atomic E-state index is 0.476. The topological polar surface area (TPSA) is 41.0 Å². The van der Waals surface area contributed by atoms with Gasteiger partial charge in [0, 0.05) is 42.7 Å². The predicted octanol–water partition coefficient (Wildman–Crippen LogP) is 2.00. The lowest BCUT2D eigenvalue weighted by Gasteiger charge is -2.34. The van der Waals surface area contributed by atoms with Crippen molar-refractivity contribution in [1.82, 2.24) is 15.3 Å². The molecule has 4 nitrogen and oxygen atoms in total. The number of aromatic nitrogens is 2. The smallest absolute Gasteiger partial charge is 0.132 e. The van der Waals surface area contributed by atoms with E-state index in [1.165, 1.54) is 5.56 Å². The van der Waals surface area contributed by atoms with Crippen molar-refractivity contribution in [3.8, 4) is 11.3 Å². The largest absolute Gasteiger partial charge is 0.351 e. The summed E-state index contributed by atoms with van der Waals surface area (Å²) in [6.07, 6.45) is 1.66. The van der Waals surface area contributed by atoms with Gasteiger partial charge in [0.25, 0.3) is 0 Å². The molecule has 1 aliphatic heterocycles. The van der Waals surface area contributed by atoms with Crippen LogP contribution in [0.5, 0.6) is 0 Å². The maximum atomic E-state index is 4.41. The summed E-state index contributed by atoms with van der Waals surface area (Å²) in [5, 5.41) is 7.59. The van der Waals surface area contributed by atoms with Gasteiger partial charge in [-0.25, -0.2) is 9.97 Å². The van der Waals surface area contributed by atoms with Gasteiger partial charge in [0.1, 0.15) is 12.1 Å². The summed E-state index contributed by atoms with van der Waals surface area (Å²) in [5.74, 6) is 1.03. The van der Waals surface area contributed by atoms with Gasteiger partial charge in [-0.05, 0) is 18.4 Å². The van der Waals surface area contributed by atoms with Crippen LogP contribution in [0.15, 0.2) is 29.2 Å². The molecule has 0 radical (unpaired) electrons. The number of rotatable bonds is 2. The quantitative estimate of drug-likeness (QED) is 0.896. The Morgan fingerprint density at radius 1 is 1.44 bits per heavy atom. The highest BCUT2D eigenvalue weighted by atomic mass is 32.1. The van der Waals surface area contributed by atoms with E-state index in [4.69, 9.17) is 0 Å². The van der Waals surface area contributed by atoms with Crippen molar-refractivity contribution < 1.29 is 0 Å². The highest BCUT2D eigenvalue weighted by Gasteiger charge is 2.19. The minimum Gasteiger partial charge on any atom is -0.351 e. The van der Waals surface area contributed by atoms with Crippen LogP contribution in [-0.4, -0.2) is 35.6 Å². The van der Waals surface area contributed by atoms with Crippen LogP contribution in [0.4, 0.5) is 5.82 Å². The standard InChI is InChI=1S/C13H16N4S/c1-10-7-14-3-4-17(10)13-6-12(15-9-16-13)11-2-5-18-8-11/h2,5-6,8-10,14H,3-4,7H2,1H3/t10-/m0/s1. The summed E-state index contributed by atoms with van der Waals surface area (Å²) in [7, 11) is 0. The first kappa shape index (κ1) is 11.6. The average molecular weight is 260 g/mol. The van der Waals surface area contributed by atoms with Gasteiger partial charge in [0.2, 0.25) is 0 Å². The fraction of sp³-hybridized carbons (Fsp3) is 0.385. The van der Waals surface area contributed by atoms with Gasteiger partial charge in [0.05, 0.1) is 5.69 Å². The van der Waals surface area contributed by atoms with Crippen molar-refractivity contribution in [1.29, 1.82) is 0 Å². The first-order chi connectivity index (χ1) is 8.84. The molecule has 0 aliphatic carbocycles. The number of piperazine rings is 1. The maximum Gasteiger partial charge on any atom is 0.132 e. The van der Waals surface area contributed by atoms with Crippen LogP contribution in [0.1, 0.15) is 6.92 Å². The molecule has 0 amide bonds. The Bertz CT molecular complexity index is 511. The molecule has 0 unspecified atom stereocenters.